The summed E-state index contributed by atoms with van der Waals surface area (Å²) in [5, 5.41) is 3.94. The molecule has 1 aromatic carbocycles. The van der Waals surface area contributed by atoms with Crippen LogP contribution in [0.2, 0.25) is 0 Å². The van der Waals surface area contributed by atoms with Crippen LogP contribution >= 0.6 is 0 Å². The maximum atomic E-state index is 13.0. The highest BCUT2D eigenvalue weighted by atomic mass is 16.5. The fraction of sp³-hybridized carbons (Fsp3) is 0.348. The number of benzene rings is 1. The molecule has 0 aliphatic carbocycles. The van der Waals surface area contributed by atoms with E-state index in [4.69, 9.17) is 14.0 Å². The van der Waals surface area contributed by atoms with Crippen LogP contribution in [0.1, 0.15) is 27.4 Å². The van der Waals surface area contributed by atoms with E-state index in [-0.39, 0.29) is 5.91 Å². The van der Waals surface area contributed by atoms with Gasteiger partial charge in [0.15, 0.2) is 11.5 Å². The molecule has 1 amide bonds. The molecule has 0 bridgehead atoms. The van der Waals surface area contributed by atoms with Crippen LogP contribution in [0, 0.1) is 13.8 Å². The van der Waals surface area contributed by atoms with Gasteiger partial charge >= 0.3 is 0 Å². The monoisotopic (exact) mass is 422 g/mol. The second-order valence-corrected chi connectivity index (χ2v) is 7.44. The number of aromatic nitrogens is 2. The molecule has 1 aliphatic heterocycles. The molecule has 1 aliphatic rings. The topological polar surface area (TPSA) is 80.9 Å². The van der Waals surface area contributed by atoms with E-state index in [9.17, 15) is 4.79 Å². The van der Waals surface area contributed by atoms with Crippen LogP contribution in [-0.4, -0.2) is 54.2 Å². The van der Waals surface area contributed by atoms with Gasteiger partial charge in [-0.2, -0.15) is 0 Å². The zero-order valence-electron chi connectivity index (χ0n) is 18.0. The van der Waals surface area contributed by atoms with Crippen molar-refractivity contribution in [2.24, 2.45) is 0 Å². The van der Waals surface area contributed by atoms with Gasteiger partial charge in [0.2, 0.25) is 0 Å². The number of nitrogens with zero attached hydrogens (tertiary/aromatic N) is 4. The van der Waals surface area contributed by atoms with E-state index >= 15 is 0 Å². The van der Waals surface area contributed by atoms with Crippen molar-refractivity contribution in [1.29, 1.82) is 0 Å². The molecular weight excluding hydrogens is 396 g/mol. The first-order valence-corrected chi connectivity index (χ1v) is 10.2. The summed E-state index contributed by atoms with van der Waals surface area (Å²) in [4.78, 5) is 21.2. The van der Waals surface area contributed by atoms with Gasteiger partial charge in [-0.3, -0.25) is 9.78 Å². The molecule has 4 rings (SSSR count). The van der Waals surface area contributed by atoms with E-state index in [0.29, 0.717) is 36.8 Å². The Balaban J connectivity index is 1.41. The molecule has 162 valence electrons. The zero-order valence-corrected chi connectivity index (χ0v) is 18.0. The largest absolute Gasteiger partial charge is 0.493 e. The molecule has 0 unspecified atom stereocenters. The predicted molar refractivity (Wildman–Crippen MR) is 116 cm³/mol. The molecule has 3 heterocycles. The van der Waals surface area contributed by atoms with Crippen LogP contribution in [0.25, 0.3) is 0 Å². The van der Waals surface area contributed by atoms with Gasteiger partial charge in [-0.25, -0.2) is 0 Å². The molecule has 3 aromatic rings. The fourth-order valence-corrected chi connectivity index (χ4v) is 3.68. The third kappa shape index (κ3) is 4.47. The van der Waals surface area contributed by atoms with Gasteiger partial charge in [-0.1, -0.05) is 5.16 Å². The van der Waals surface area contributed by atoms with Gasteiger partial charge in [-0.15, -0.1) is 0 Å². The smallest absolute Gasteiger partial charge is 0.254 e. The first kappa shape index (κ1) is 20.7. The van der Waals surface area contributed by atoms with Crippen molar-refractivity contribution < 1.29 is 18.8 Å². The van der Waals surface area contributed by atoms with E-state index in [0.717, 1.165) is 35.8 Å². The van der Waals surface area contributed by atoms with E-state index in [2.05, 4.69) is 15.0 Å². The van der Waals surface area contributed by atoms with Crippen LogP contribution in [0.5, 0.6) is 11.5 Å². The highest BCUT2D eigenvalue weighted by molar-refractivity contribution is 5.95. The maximum Gasteiger partial charge on any atom is 0.254 e. The molecular formula is C23H26N4O4. The summed E-state index contributed by atoms with van der Waals surface area (Å²) in [6.45, 7) is 6.94. The number of piperazine rings is 1. The first-order valence-electron chi connectivity index (χ1n) is 10.2. The van der Waals surface area contributed by atoms with Crippen molar-refractivity contribution in [3.05, 3.63) is 65.3 Å². The van der Waals surface area contributed by atoms with Gasteiger partial charge in [-0.05, 0) is 44.2 Å². The van der Waals surface area contributed by atoms with Crippen LogP contribution < -0.4 is 14.4 Å². The Kier molecular flexibility index (Phi) is 6.06. The molecule has 8 heteroatoms. The van der Waals surface area contributed by atoms with Crippen molar-refractivity contribution in [2.45, 2.75) is 20.5 Å². The molecule has 31 heavy (non-hydrogen) atoms. The highest BCUT2D eigenvalue weighted by Gasteiger charge is 2.23. The first-order chi connectivity index (χ1) is 15.1. The maximum absolute atomic E-state index is 13.0. The third-order valence-electron chi connectivity index (χ3n) is 5.56. The molecule has 1 fully saturated rings. The number of anilines is 1. The van der Waals surface area contributed by atoms with E-state index in [1.54, 1.807) is 37.7 Å². The Bertz CT molecular complexity index is 1020. The number of amides is 1. The summed E-state index contributed by atoms with van der Waals surface area (Å²) in [7, 11) is 1.57. The lowest BCUT2D eigenvalue weighted by Crippen LogP contribution is -2.48. The Hall–Kier alpha value is -3.55. The summed E-state index contributed by atoms with van der Waals surface area (Å²) >= 11 is 0. The van der Waals surface area contributed by atoms with Gasteiger partial charge in [0, 0.05) is 49.8 Å². The summed E-state index contributed by atoms with van der Waals surface area (Å²) < 4.78 is 16.6. The van der Waals surface area contributed by atoms with Gasteiger partial charge < -0.3 is 23.8 Å². The Morgan fingerprint density at radius 3 is 2.45 bits per heavy atom. The molecule has 1 saturated heterocycles. The number of carbonyl (C=O) groups excluding carboxylic acids is 1. The summed E-state index contributed by atoms with van der Waals surface area (Å²) in [5.41, 5.74) is 3.42. The number of rotatable bonds is 6. The third-order valence-corrected chi connectivity index (χ3v) is 5.56. The summed E-state index contributed by atoms with van der Waals surface area (Å²) in [5.74, 6) is 1.81. The number of ether oxygens (including phenoxy) is 2. The summed E-state index contributed by atoms with van der Waals surface area (Å²) in [6, 6.07) is 9.27. The van der Waals surface area contributed by atoms with Crippen LogP contribution in [-0.2, 0) is 6.61 Å². The van der Waals surface area contributed by atoms with Crippen molar-refractivity contribution in [3.63, 3.8) is 0 Å². The van der Waals surface area contributed by atoms with Crippen LogP contribution in [0.3, 0.4) is 0 Å². The Labute approximate surface area is 181 Å². The molecule has 8 nitrogen and oxygen atoms in total. The normalized spacial score (nSPS) is 13.9. The number of aryl methyl sites for hydroxylation is 2. The molecule has 0 radical (unpaired) electrons. The van der Waals surface area contributed by atoms with Gasteiger partial charge in [0.25, 0.3) is 5.91 Å². The van der Waals surface area contributed by atoms with Crippen molar-refractivity contribution in [1.82, 2.24) is 15.0 Å². The molecule has 2 aromatic heterocycles. The van der Waals surface area contributed by atoms with Gasteiger partial charge in [0.1, 0.15) is 12.4 Å². The number of methoxy groups -OCH3 is 1. The molecule has 0 spiro atoms. The van der Waals surface area contributed by atoms with E-state index in [1.165, 1.54) is 0 Å². The van der Waals surface area contributed by atoms with Crippen LogP contribution in [0.15, 0.2) is 47.2 Å². The minimum Gasteiger partial charge on any atom is -0.493 e. The summed E-state index contributed by atoms with van der Waals surface area (Å²) in [6.07, 6.45) is 3.57. The van der Waals surface area contributed by atoms with Crippen LogP contribution in [0.4, 0.5) is 5.69 Å². The molecule has 0 saturated carbocycles. The quantitative estimate of drug-likeness (QED) is 0.603. The number of hydrogen-bond donors (Lipinski definition) is 0. The minimum atomic E-state index is -0.00930. The zero-order chi connectivity index (χ0) is 21.8. The van der Waals surface area contributed by atoms with Crippen molar-refractivity contribution in [2.75, 3.05) is 38.2 Å². The lowest BCUT2D eigenvalue weighted by molar-refractivity contribution is 0.0746. The van der Waals surface area contributed by atoms with E-state index in [1.807, 2.05) is 30.9 Å². The standard InChI is InChI=1S/C23H26N4O4/c1-16-20(17(2)31-25-16)15-30-21-5-4-18(14-22(21)29-3)23(28)27-12-10-26(11-13-27)19-6-8-24-9-7-19/h4-9,14H,10-13,15H2,1-3H3. The minimum absolute atomic E-state index is 0.00930. The highest BCUT2D eigenvalue weighted by Crippen LogP contribution is 2.30. The lowest BCUT2D eigenvalue weighted by atomic mass is 10.1. The second kappa shape index (κ2) is 9.07. The fourth-order valence-electron chi connectivity index (χ4n) is 3.68. The predicted octanol–water partition coefficient (Wildman–Crippen LogP) is 3.24. The SMILES string of the molecule is COc1cc(C(=O)N2CCN(c3ccncc3)CC2)ccc1OCc1c(C)noc1C. The van der Waals surface area contributed by atoms with Crippen molar-refractivity contribution >= 4 is 11.6 Å². The second-order valence-electron chi connectivity index (χ2n) is 7.44. The average molecular weight is 422 g/mol. The Morgan fingerprint density at radius 1 is 1.06 bits per heavy atom. The Morgan fingerprint density at radius 2 is 1.81 bits per heavy atom. The van der Waals surface area contributed by atoms with Crippen molar-refractivity contribution in [3.8, 4) is 11.5 Å². The number of hydrogen-bond acceptors (Lipinski definition) is 7. The lowest BCUT2D eigenvalue weighted by Gasteiger charge is -2.36. The number of carbonyl (C=O) groups is 1. The molecule has 0 N–H and O–H groups in total. The number of pyridine rings is 1. The molecule has 0 atom stereocenters. The average Bonchev–Trinajstić information content (AvgIpc) is 3.14. The van der Waals surface area contributed by atoms with E-state index < -0.39 is 0 Å². The van der Waals surface area contributed by atoms with Gasteiger partial charge in [0.05, 0.1) is 18.4 Å².